The van der Waals surface area contributed by atoms with E-state index in [0.717, 1.165) is 25.3 Å². The summed E-state index contributed by atoms with van der Waals surface area (Å²) in [5.41, 5.74) is 5.56. The third-order valence-corrected chi connectivity index (χ3v) is 3.46. The molecule has 0 aromatic heterocycles. The lowest BCUT2D eigenvalue weighted by molar-refractivity contribution is 0.0670. The molecule has 0 amide bonds. The van der Waals surface area contributed by atoms with Crippen LogP contribution in [0.1, 0.15) is 18.9 Å². The summed E-state index contributed by atoms with van der Waals surface area (Å²) in [4.78, 5) is 2.19. The normalized spacial score (nSPS) is 24.0. The van der Waals surface area contributed by atoms with E-state index >= 15 is 0 Å². The van der Waals surface area contributed by atoms with Crippen LogP contribution in [0.3, 0.4) is 0 Å². The number of benzene rings is 1. The van der Waals surface area contributed by atoms with E-state index < -0.39 is 5.60 Å². The smallest absolute Gasteiger partial charge is 0.170 e. The minimum atomic E-state index is -0.567. The molecule has 1 unspecified atom stereocenters. The lowest BCUT2D eigenvalue weighted by Gasteiger charge is -2.18. The van der Waals surface area contributed by atoms with E-state index in [9.17, 15) is 5.11 Å². The number of aliphatic hydroxyl groups is 1. The Morgan fingerprint density at radius 2 is 2.15 bits per heavy atom. The summed E-state index contributed by atoms with van der Waals surface area (Å²) >= 11 is 0. The topological polar surface area (TPSA) is 91.3 Å². The summed E-state index contributed by atoms with van der Waals surface area (Å²) in [7, 11) is 0. The highest BCUT2D eigenvalue weighted by atomic mass is 16.5. The van der Waals surface area contributed by atoms with E-state index in [-0.39, 0.29) is 5.84 Å². The molecule has 6 nitrogen and oxygen atoms in total. The number of ether oxygens (including phenoxy) is 1. The van der Waals surface area contributed by atoms with E-state index in [1.54, 1.807) is 24.3 Å². The first-order valence-corrected chi connectivity index (χ1v) is 6.66. The van der Waals surface area contributed by atoms with Crippen LogP contribution in [-0.4, -0.2) is 52.9 Å². The Morgan fingerprint density at radius 3 is 2.70 bits per heavy atom. The Hall–Kier alpha value is -1.79. The first-order valence-electron chi connectivity index (χ1n) is 6.66. The summed E-state index contributed by atoms with van der Waals surface area (Å²) in [6.45, 7) is 4.81. The van der Waals surface area contributed by atoms with Crippen LogP contribution in [0.15, 0.2) is 29.4 Å². The fourth-order valence-electron chi connectivity index (χ4n) is 2.30. The van der Waals surface area contributed by atoms with Crippen molar-refractivity contribution in [3.05, 3.63) is 29.8 Å². The maximum Gasteiger partial charge on any atom is 0.170 e. The van der Waals surface area contributed by atoms with Crippen LogP contribution in [0.2, 0.25) is 0 Å². The fraction of sp³-hybridized carbons (Fsp3) is 0.500. The standard InChI is InChI=1S/C14H21N3O3/c1-14(18)6-7-17(10-14)8-9-20-12-4-2-11(3-5-12)13(15)16-19/h2-5,18-19H,6-10H2,1H3,(H2,15,16). The molecule has 0 aliphatic carbocycles. The Balaban J connectivity index is 1.77. The molecule has 110 valence electrons. The van der Waals surface area contributed by atoms with Gasteiger partial charge in [0.25, 0.3) is 0 Å². The lowest BCUT2D eigenvalue weighted by Crippen LogP contribution is -2.32. The molecule has 20 heavy (non-hydrogen) atoms. The van der Waals surface area contributed by atoms with Gasteiger partial charge in [-0.2, -0.15) is 0 Å². The van der Waals surface area contributed by atoms with Crippen molar-refractivity contribution in [3.63, 3.8) is 0 Å². The SMILES string of the molecule is CC1(O)CCN(CCOc2ccc(/C(N)=N/O)cc2)C1. The van der Waals surface area contributed by atoms with E-state index in [1.165, 1.54) is 0 Å². The largest absolute Gasteiger partial charge is 0.492 e. The number of nitrogens with two attached hydrogens (primary N) is 1. The van der Waals surface area contributed by atoms with Crippen molar-refractivity contribution in [2.75, 3.05) is 26.2 Å². The van der Waals surface area contributed by atoms with Crippen LogP contribution in [0.5, 0.6) is 5.75 Å². The van der Waals surface area contributed by atoms with Crippen molar-refractivity contribution >= 4 is 5.84 Å². The zero-order chi connectivity index (χ0) is 14.6. The molecular formula is C14H21N3O3. The molecule has 0 radical (unpaired) electrons. The Kier molecular flexibility index (Phi) is 4.46. The number of rotatable bonds is 5. The average Bonchev–Trinajstić information content (AvgIpc) is 2.78. The van der Waals surface area contributed by atoms with Crippen molar-refractivity contribution in [1.82, 2.24) is 4.90 Å². The average molecular weight is 279 g/mol. The van der Waals surface area contributed by atoms with Crippen LogP contribution in [-0.2, 0) is 0 Å². The molecule has 0 saturated carbocycles. The van der Waals surface area contributed by atoms with Gasteiger partial charge < -0.3 is 20.8 Å². The molecule has 1 fully saturated rings. The Bertz CT molecular complexity index is 471. The third-order valence-electron chi connectivity index (χ3n) is 3.46. The van der Waals surface area contributed by atoms with Gasteiger partial charge in [-0.25, -0.2) is 0 Å². The minimum absolute atomic E-state index is 0.0795. The number of oxime groups is 1. The van der Waals surface area contributed by atoms with Gasteiger partial charge in [-0.3, -0.25) is 4.90 Å². The molecule has 1 aliphatic rings. The molecule has 2 rings (SSSR count). The number of β-amino-alcohol motifs (C(OH)–C–C–N with tert-alkyl or cyclic N) is 1. The highest BCUT2D eigenvalue weighted by Gasteiger charge is 2.30. The third kappa shape index (κ3) is 3.85. The lowest BCUT2D eigenvalue weighted by atomic mass is 10.1. The fourth-order valence-corrected chi connectivity index (χ4v) is 2.30. The van der Waals surface area contributed by atoms with E-state index in [4.69, 9.17) is 15.7 Å². The van der Waals surface area contributed by atoms with Crippen molar-refractivity contribution < 1.29 is 15.1 Å². The Labute approximate surface area is 118 Å². The van der Waals surface area contributed by atoms with E-state index in [0.29, 0.717) is 18.7 Å². The van der Waals surface area contributed by atoms with Gasteiger partial charge >= 0.3 is 0 Å². The summed E-state index contributed by atoms with van der Waals surface area (Å²) in [6.07, 6.45) is 0.807. The molecule has 1 aromatic rings. The second-order valence-electron chi connectivity index (χ2n) is 5.38. The van der Waals surface area contributed by atoms with Crippen molar-refractivity contribution in [2.45, 2.75) is 18.9 Å². The van der Waals surface area contributed by atoms with Crippen molar-refractivity contribution in [2.24, 2.45) is 10.9 Å². The summed E-state index contributed by atoms with van der Waals surface area (Å²) in [5, 5.41) is 21.4. The van der Waals surface area contributed by atoms with Gasteiger partial charge in [0.2, 0.25) is 0 Å². The molecule has 1 heterocycles. The summed E-state index contributed by atoms with van der Waals surface area (Å²) < 4.78 is 5.64. The minimum Gasteiger partial charge on any atom is -0.492 e. The van der Waals surface area contributed by atoms with Crippen LogP contribution in [0, 0.1) is 0 Å². The van der Waals surface area contributed by atoms with Crippen LogP contribution in [0.4, 0.5) is 0 Å². The monoisotopic (exact) mass is 279 g/mol. The zero-order valence-electron chi connectivity index (χ0n) is 11.6. The van der Waals surface area contributed by atoms with Gasteiger partial charge in [-0.15, -0.1) is 0 Å². The number of hydrogen-bond donors (Lipinski definition) is 3. The number of nitrogens with zero attached hydrogens (tertiary/aromatic N) is 2. The van der Waals surface area contributed by atoms with Gasteiger partial charge in [0, 0.05) is 25.2 Å². The molecule has 1 aliphatic heterocycles. The van der Waals surface area contributed by atoms with E-state index in [2.05, 4.69) is 10.1 Å². The molecule has 6 heteroatoms. The molecule has 0 spiro atoms. The first kappa shape index (κ1) is 14.6. The highest BCUT2D eigenvalue weighted by Crippen LogP contribution is 2.19. The molecule has 1 atom stereocenters. The zero-order valence-corrected chi connectivity index (χ0v) is 11.6. The summed E-state index contributed by atoms with van der Waals surface area (Å²) in [5.74, 6) is 0.821. The van der Waals surface area contributed by atoms with Crippen molar-refractivity contribution in [1.29, 1.82) is 0 Å². The number of likely N-dealkylation sites (tertiary alicyclic amines) is 1. The highest BCUT2D eigenvalue weighted by molar-refractivity contribution is 5.97. The van der Waals surface area contributed by atoms with E-state index in [1.807, 2.05) is 6.92 Å². The second-order valence-corrected chi connectivity index (χ2v) is 5.38. The quantitative estimate of drug-likeness (QED) is 0.318. The van der Waals surface area contributed by atoms with Crippen LogP contribution in [0.25, 0.3) is 0 Å². The molecular weight excluding hydrogens is 258 g/mol. The van der Waals surface area contributed by atoms with Crippen LogP contribution >= 0.6 is 0 Å². The van der Waals surface area contributed by atoms with Gasteiger partial charge in [0.05, 0.1) is 5.60 Å². The van der Waals surface area contributed by atoms with Gasteiger partial charge in [-0.1, -0.05) is 5.16 Å². The van der Waals surface area contributed by atoms with Gasteiger partial charge in [0.1, 0.15) is 12.4 Å². The second kappa shape index (κ2) is 6.11. The number of hydrogen-bond acceptors (Lipinski definition) is 5. The predicted molar refractivity (Wildman–Crippen MR) is 76.1 cm³/mol. The first-order chi connectivity index (χ1) is 9.50. The molecule has 1 saturated heterocycles. The predicted octanol–water partition coefficient (Wildman–Crippen LogP) is 0.617. The number of amidine groups is 1. The Morgan fingerprint density at radius 1 is 1.45 bits per heavy atom. The van der Waals surface area contributed by atoms with Gasteiger partial charge in [-0.05, 0) is 37.6 Å². The molecule has 0 bridgehead atoms. The van der Waals surface area contributed by atoms with Crippen molar-refractivity contribution in [3.8, 4) is 5.75 Å². The molecule has 4 N–H and O–H groups in total. The maximum atomic E-state index is 9.86. The van der Waals surface area contributed by atoms with Crippen LogP contribution < -0.4 is 10.5 Å². The van der Waals surface area contributed by atoms with Gasteiger partial charge in [0.15, 0.2) is 5.84 Å². The maximum absolute atomic E-state index is 9.86. The summed E-state index contributed by atoms with van der Waals surface area (Å²) in [6, 6.07) is 7.05. The molecule has 1 aromatic carbocycles.